The molecule has 0 saturated carbocycles. The van der Waals surface area contributed by atoms with Gasteiger partial charge in [0, 0.05) is 0 Å². The SMILES string of the molecule is CCc1ccc(C2COc3ccc(C#N)cc3N2)cc1. The van der Waals surface area contributed by atoms with Crippen molar-refractivity contribution >= 4 is 5.69 Å². The predicted octanol–water partition coefficient (Wildman–Crippen LogP) is 3.67. The molecule has 0 amide bonds. The van der Waals surface area contributed by atoms with Crippen LogP contribution >= 0.6 is 0 Å². The summed E-state index contributed by atoms with van der Waals surface area (Å²) in [6.07, 6.45) is 1.04. The topological polar surface area (TPSA) is 45.0 Å². The number of nitrogens with one attached hydrogen (secondary N) is 1. The number of aryl methyl sites for hydroxylation is 1. The lowest BCUT2D eigenvalue weighted by atomic mass is 10.0. The molecule has 1 heterocycles. The van der Waals surface area contributed by atoms with Crippen molar-refractivity contribution in [2.45, 2.75) is 19.4 Å². The van der Waals surface area contributed by atoms with Crippen molar-refractivity contribution < 1.29 is 4.74 Å². The summed E-state index contributed by atoms with van der Waals surface area (Å²) >= 11 is 0. The van der Waals surface area contributed by atoms with E-state index in [1.807, 2.05) is 12.1 Å². The van der Waals surface area contributed by atoms with Crippen molar-refractivity contribution in [2.75, 3.05) is 11.9 Å². The second kappa shape index (κ2) is 5.26. The molecule has 2 aromatic rings. The second-order valence-corrected chi connectivity index (χ2v) is 4.93. The number of nitriles is 1. The van der Waals surface area contributed by atoms with Crippen LogP contribution in [0.4, 0.5) is 5.69 Å². The maximum absolute atomic E-state index is 8.96. The molecule has 1 aliphatic heterocycles. The van der Waals surface area contributed by atoms with Gasteiger partial charge in [-0.3, -0.25) is 0 Å². The van der Waals surface area contributed by atoms with Crippen LogP contribution in [0.25, 0.3) is 0 Å². The molecule has 0 aliphatic carbocycles. The molecule has 20 heavy (non-hydrogen) atoms. The van der Waals surface area contributed by atoms with Gasteiger partial charge in [-0.1, -0.05) is 31.2 Å². The summed E-state index contributed by atoms with van der Waals surface area (Å²) in [5.41, 5.74) is 4.06. The quantitative estimate of drug-likeness (QED) is 0.900. The normalized spacial score (nSPS) is 16.5. The third-order valence-electron chi connectivity index (χ3n) is 3.63. The molecule has 1 aliphatic rings. The van der Waals surface area contributed by atoms with E-state index in [0.29, 0.717) is 12.2 Å². The fourth-order valence-electron chi connectivity index (χ4n) is 2.41. The fraction of sp³-hybridized carbons (Fsp3) is 0.235. The molecule has 100 valence electrons. The lowest BCUT2D eigenvalue weighted by Gasteiger charge is -2.28. The maximum Gasteiger partial charge on any atom is 0.142 e. The fourth-order valence-corrected chi connectivity index (χ4v) is 2.41. The van der Waals surface area contributed by atoms with E-state index in [4.69, 9.17) is 10.00 Å². The Morgan fingerprint density at radius 3 is 2.75 bits per heavy atom. The van der Waals surface area contributed by atoms with Crippen molar-refractivity contribution in [3.05, 3.63) is 59.2 Å². The highest BCUT2D eigenvalue weighted by Crippen LogP contribution is 2.34. The molecule has 0 spiro atoms. The minimum atomic E-state index is 0.127. The van der Waals surface area contributed by atoms with Crippen molar-refractivity contribution in [2.24, 2.45) is 0 Å². The number of ether oxygens (including phenoxy) is 1. The largest absolute Gasteiger partial charge is 0.489 e. The molecule has 0 aromatic heterocycles. The summed E-state index contributed by atoms with van der Waals surface area (Å²) in [6, 6.07) is 16.3. The van der Waals surface area contributed by atoms with E-state index < -0.39 is 0 Å². The second-order valence-electron chi connectivity index (χ2n) is 4.93. The lowest BCUT2D eigenvalue weighted by Crippen LogP contribution is -2.23. The lowest BCUT2D eigenvalue weighted by molar-refractivity contribution is 0.286. The summed E-state index contributed by atoms with van der Waals surface area (Å²) in [5.74, 6) is 0.811. The zero-order valence-corrected chi connectivity index (χ0v) is 11.4. The molecular weight excluding hydrogens is 248 g/mol. The first-order chi connectivity index (χ1) is 9.80. The summed E-state index contributed by atoms with van der Waals surface area (Å²) in [6.45, 7) is 2.75. The highest BCUT2D eigenvalue weighted by molar-refractivity contribution is 5.62. The highest BCUT2D eigenvalue weighted by Gasteiger charge is 2.20. The molecular formula is C17H16N2O. The summed E-state index contributed by atoms with van der Waals surface area (Å²) in [4.78, 5) is 0. The van der Waals surface area contributed by atoms with Crippen LogP contribution in [0.1, 0.15) is 29.7 Å². The first-order valence-corrected chi connectivity index (χ1v) is 6.82. The van der Waals surface area contributed by atoms with Crippen LogP contribution in [-0.2, 0) is 6.42 Å². The number of hydrogen-bond acceptors (Lipinski definition) is 3. The molecule has 3 nitrogen and oxygen atoms in total. The third-order valence-corrected chi connectivity index (χ3v) is 3.63. The monoisotopic (exact) mass is 264 g/mol. The van der Waals surface area contributed by atoms with E-state index in [-0.39, 0.29) is 6.04 Å². The Kier molecular flexibility index (Phi) is 3.30. The van der Waals surface area contributed by atoms with Gasteiger partial charge < -0.3 is 10.1 Å². The van der Waals surface area contributed by atoms with Crippen LogP contribution in [0.3, 0.4) is 0 Å². The average Bonchev–Trinajstić information content (AvgIpc) is 2.54. The number of fused-ring (bicyclic) bond motifs is 1. The van der Waals surface area contributed by atoms with Gasteiger partial charge in [0.25, 0.3) is 0 Å². The van der Waals surface area contributed by atoms with Crippen molar-refractivity contribution in [3.63, 3.8) is 0 Å². The third kappa shape index (κ3) is 2.33. The Hall–Kier alpha value is -2.47. The smallest absolute Gasteiger partial charge is 0.142 e. The molecule has 3 heteroatoms. The first kappa shape index (κ1) is 12.6. The Morgan fingerprint density at radius 1 is 1.25 bits per heavy atom. The van der Waals surface area contributed by atoms with Crippen LogP contribution in [0.5, 0.6) is 5.75 Å². The minimum Gasteiger partial charge on any atom is -0.489 e. The molecule has 0 fully saturated rings. The van der Waals surface area contributed by atoms with Crippen molar-refractivity contribution in [3.8, 4) is 11.8 Å². The van der Waals surface area contributed by atoms with E-state index in [0.717, 1.165) is 17.9 Å². The Labute approximate surface area is 118 Å². The standard InChI is InChI=1S/C17H16N2O/c1-2-12-3-6-14(7-4-12)16-11-20-17-8-5-13(10-18)9-15(17)19-16/h3-9,16,19H,2,11H2,1H3. The molecule has 1 N–H and O–H groups in total. The van der Waals surface area contributed by atoms with Gasteiger partial charge in [-0.2, -0.15) is 5.26 Å². The Balaban J connectivity index is 1.85. The zero-order valence-electron chi connectivity index (χ0n) is 11.4. The number of hydrogen-bond donors (Lipinski definition) is 1. The van der Waals surface area contributed by atoms with E-state index in [1.165, 1.54) is 11.1 Å². The minimum absolute atomic E-state index is 0.127. The molecule has 3 rings (SSSR count). The van der Waals surface area contributed by atoms with Gasteiger partial charge in [-0.05, 0) is 35.7 Å². The summed E-state index contributed by atoms with van der Waals surface area (Å²) in [5, 5.41) is 12.4. The van der Waals surface area contributed by atoms with Crippen molar-refractivity contribution in [1.29, 1.82) is 5.26 Å². The average molecular weight is 264 g/mol. The van der Waals surface area contributed by atoms with Crippen LogP contribution < -0.4 is 10.1 Å². The molecule has 1 atom stereocenters. The zero-order chi connectivity index (χ0) is 13.9. The number of rotatable bonds is 2. The molecule has 0 saturated heterocycles. The molecule has 2 aromatic carbocycles. The van der Waals surface area contributed by atoms with Gasteiger partial charge in [-0.15, -0.1) is 0 Å². The Bertz CT molecular complexity index is 656. The van der Waals surface area contributed by atoms with E-state index in [9.17, 15) is 0 Å². The van der Waals surface area contributed by atoms with E-state index in [1.54, 1.807) is 6.07 Å². The number of nitrogens with zero attached hydrogens (tertiary/aromatic N) is 1. The maximum atomic E-state index is 8.96. The molecule has 0 bridgehead atoms. The molecule has 0 radical (unpaired) electrons. The van der Waals surface area contributed by atoms with Crippen LogP contribution in [0.2, 0.25) is 0 Å². The van der Waals surface area contributed by atoms with Gasteiger partial charge in [0.1, 0.15) is 12.4 Å². The van der Waals surface area contributed by atoms with Gasteiger partial charge in [0.15, 0.2) is 0 Å². The summed E-state index contributed by atoms with van der Waals surface area (Å²) in [7, 11) is 0. The van der Waals surface area contributed by atoms with E-state index >= 15 is 0 Å². The Morgan fingerprint density at radius 2 is 2.05 bits per heavy atom. The van der Waals surface area contributed by atoms with Gasteiger partial charge in [0.2, 0.25) is 0 Å². The van der Waals surface area contributed by atoms with Crippen molar-refractivity contribution in [1.82, 2.24) is 0 Å². The van der Waals surface area contributed by atoms with Gasteiger partial charge >= 0.3 is 0 Å². The van der Waals surface area contributed by atoms with Crippen LogP contribution in [0.15, 0.2) is 42.5 Å². The van der Waals surface area contributed by atoms with Gasteiger partial charge in [0.05, 0.1) is 23.4 Å². The highest BCUT2D eigenvalue weighted by atomic mass is 16.5. The van der Waals surface area contributed by atoms with Gasteiger partial charge in [-0.25, -0.2) is 0 Å². The molecule has 1 unspecified atom stereocenters. The first-order valence-electron chi connectivity index (χ1n) is 6.82. The van der Waals surface area contributed by atoms with Crippen LogP contribution in [0, 0.1) is 11.3 Å². The van der Waals surface area contributed by atoms with Crippen LogP contribution in [-0.4, -0.2) is 6.61 Å². The summed E-state index contributed by atoms with van der Waals surface area (Å²) < 4.78 is 5.77. The van der Waals surface area contributed by atoms with E-state index in [2.05, 4.69) is 42.6 Å². The number of benzene rings is 2. The predicted molar refractivity (Wildman–Crippen MR) is 78.8 cm³/mol. The number of anilines is 1.